The number of anilines is 1. The van der Waals surface area contributed by atoms with Crippen LogP contribution in [0.5, 0.6) is 0 Å². The summed E-state index contributed by atoms with van der Waals surface area (Å²) >= 11 is 18.0. The smallest absolute Gasteiger partial charge is 0.147 e. The lowest BCUT2D eigenvalue weighted by molar-refractivity contribution is 0.627. The molecule has 2 aromatic carbocycles. The van der Waals surface area contributed by atoms with Gasteiger partial charge in [-0.3, -0.25) is 0 Å². The van der Waals surface area contributed by atoms with Gasteiger partial charge in [-0.15, -0.1) is 0 Å². The molecule has 1 unspecified atom stereocenters. The molecule has 2 rings (SSSR count). The molecule has 1 N–H and O–H groups in total. The van der Waals surface area contributed by atoms with E-state index in [1.807, 2.05) is 6.92 Å². The van der Waals surface area contributed by atoms with E-state index in [9.17, 15) is 4.39 Å². The van der Waals surface area contributed by atoms with Crippen LogP contribution in [0.4, 0.5) is 10.1 Å². The predicted octanol–water partition coefficient (Wildman–Crippen LogP) is 5.96. The van der Waals surface area contributed by atoms with Gasteiger partial charge in [0.05, 0.1) is 16.8 Å². The lowest BCUT2D eigenvalue weighted by atomic mass is 10.1. The first kappa shape index (κ1) is 14.4. The highest BCUT2D eigenvalue weighted by molar-refractivity contribution is 6.34. The summed E-state index contributed by atoms with van der Waals surface area (Å²) in [6, 6.07) is 9.47. The van der Waals surface area contributed by atoms with Crippen molar-refractivity contribution in [3.05, 3.63) is 62.8 Å². The molecule has 1 atom stereocenters. The highest BCUT2D eigenvalue weighted by Crippen LogP contribution is 2.32. The molecule has 0 heterocycles. The second-order valence-electron chi connectivity index (χ2n) is 4.13. The molecule has 0 amide bonds. The second-order valence-corrected chi connectivity index (χ2v) is 5.38. The number of halogens is 4. The van der Waals surface area contributed by atoms with Crippen molar-refractivity contribution in [1.29, 1.82) is 0 Å². The number of rotatable bonds is 3. The molecule has 19 heavy (non-hydrogen) atoms. The van der Waals surface area contributed by atoms with Crippen LogP contribution in [0.3, 0.4) is 0 Å². The monoisotopic (exact) mass is 317 g/mol. The van der Waals surface area contributed by atoms with Crippen LogP contribution >= 0.6 is 34.8 Å². The zero-order chi connectivity index (χ0) is 14.0. The Morgan fingerprint density at radius 3 is 2.47 bits per heavy atom. The Kier molecular flexibility index (Phi) is 4.56. The predicted molar refractivity (Wildman–Crippen MR) is 79.9 cm³/mol. The van der Waals surface area contributed by atoms with E-state index in [-0.39, 0.29) is 11.7 Å². The van der Waals surface area contributed by atoms with E-state index in [0.717, 1.165) is 5.56 Å². The molecule has 0 spiro atoms. The number of hydrogen-bond acceptors (Lipinski definition) is 1. The summed E-state index contributed by atoms with van der Waals surface area (Å²) in [6.45, 7) is 1.86. The lowest BCUT2D eigenvalue weighted by Gasteiger charge is -2.18. The van der Waals surface area contributed by atoms with Gasteiger partial charge in [0, 0.05) is 10.0 Å². The summed E-state index contributed by atoms with van der Waals surface area (Å²) in [7, 11) is 0. The van der Waals surface area contributed by atoms with Gasteiger partial charge in [0.15, 0.2) is 0 Å². The molecule has 0 fully saturated rings. The van der Waals surface area contributed by atoms with Crippen LogP contribution in [0.2, 0.25) is 15.1 Å². The Balaban J connectivity index is 2.31. The maximum Gasteiger partial charge on any atom is 0.147 e. The Morgan fingerprint density at radius 1 is 1.05 bits per heavy atom. The molecule has 100 valence electrons. The molecule has 0 aromatic heterocycles. The SMILES string of the molecule is CC(Nc1c(F)cccc1Cl)c1cc(Cl)ccc1Cl. The standard InChI is InChI=1S/C14H11Cl3FN/c1-8(10-7-9(15)5-6-11(10)16)19-14-12(17)3-2-4-13(14)18/h2-8,19H,1H3. The van der Waals surface area contributed by atoms with Gasteiger partial charge in [0.1, 0.15) is 5.82 Å². The molecule has 0 aliphatic rings. The summed E-state index contributed by atoms with van der Waals surface area (Å²) in [5, 5.41) is 4.48. The van der Waals surface area contributed by atoms with E-state index >= 15 is 0 Å². The van der Waals surface area contributed by atoms with Gasteiger partial charge >= 0.3 is 0 Å². The summed E-state index contributed by atoms with van der Waals surface area (Å²) in [6.07, 6.45) is 0. The fourth-order valence-electron chi connectivity index (χ4n) is 1.78. The van der Waals surface area contributed by atoms with Crippen LogP contribution in [-0.4, -0.2) is 0 Å². The van der Waals surface area contributed by atoms with E-state index in [4.69, 9.17) is 34.8 Å². The minimum atomic E-state index is -0.405. The van der Waals surface area contributed by atoms with E-state index < -0.39 is 5.82 Å². The highest BCUT2D eigenvalue weighted by atomic mass is 35.5. The number of nitrogens with one attached hydrogen (secondary N) is 1. The maximum absolute atomic E-state index is 13.7. The van der Waals surface area contributed by atoms with Crippen molar-refractivity contribution < 1.29 is 4.39 Å². The van der Waals surface area contributed by atoms with Crippen molar-refractivity contribution in [2.45, 2.75) is 13.0 Å². The van der Waals surface area contributed by atoms with Gasteiger partial charge < -0.3 is 5.32 Å². The lowest BCUT2D eigenvalue weighted by Crippen LogP contribution is -2.09. The minimum absolute atomic E-state index is 0.222. The molecule has 0 radical (unpaired) electrons. The van der Waals surface area contributed by atoms with Crippen molar-refractivity contribution in [2.75, 3.05) is 5.32 Å². The third-order valence-electron chi connectivity index (χ3n) is 2.75. The van der Waals surface area contributed by atoms with Crippen molar-refractivity contribution in [3.63, 3.8) is 0 Å². The largest absolute Gasteiger partial charge is 0.375 e. The minimum Gasteiger partial charge on any atom is -0.375 e. The molecule has 0 aliphatic carbocycles. The second kappa shape index (κ2) is 6.00. The Labute approximate surface area is 126 Å². The first-order valence-corrected chi connectivity index (χ1v) is 6.78. The summed E-state index contributed by atoms with van der Waals surface area (Å²) in [5.41, 5.74) is 1.04. The van der Waals surface area contributed by atoms with Gasteiger partial charge in [-0.2, -0.15) is 0 Å². The topological polar surface area (TPSA) is 12.0 Å². The molecule has 1 nitrogen and oxygen atoms in total. The highest BCUT2D eigenvalue weighted by Gasteiger charge is 2.14. The molecular formula is C14H11Cl3FN. The van der Waals surface area contributed by atoms with Gasteiger partial charge in [-0.1, -0.05) is 40.9 Å². The summed E-state index contributed by atoms with van der Waals surface area (Å²) < 4.78 is 13.7. The zero-order valence-corrected chi connectivity index (χ0v) is 12.3. The Bertz CT molecular complexity index is 581. The van der Waals surface area contributed by atoms with Crippen molar-refractivity contribution in [1.82, 2.24) is 0 Å². The zero-order valence-electron chi connectivity index (χ0n) is 10.1. The number of para-hydroxylation sites is 1. The Morgan fingerprint density at radius 2 is 1.79 bits per heavy atom. The van der Waals surface area contributed by atoms with Crippen LogP contribution < -0.4 is 5.32 Å². The molecule has 0 aliphatic heterocycles. The average molecular weight is 319 g/mol. The third-order valence-corrected chi connectivity index (χ3v) is 3.64. The fraction of sp³-hybridized carbons (Fsp3) is 0.143. The fourth-order valence-corrected chi connectivity index (χ4v) is 2.46. The summed E-state index contributed by atoms with van der Waals surface area (Å²) in [4.78, 5) is 0. The van der Waals surface area contributed by atoms with Crippen LogP contribution in [-0.2, 0) is 0 Å². The van der Waals surface area contributed by atoms with Crippen molar-refractivity contribution in [3.8, 4) is 0 Å². The molecule has 2 aromatic rings. The van der Waals surface area contributed by atoms with E-state index in [1.165, 1.54) is 6.07 Å². The molecule has 0 saturated carbocycles. The molecular weight excluding hydrogens is 308 g/mol. The first-order chi connectivity index (χ1) is 8.99. The van der Waals surface area contributed by atoms with Crippen LogP contribution in [0.15, 0.2) is 36.4 Å². The van der Waals surface area contributed by atoms with E-state index in [1.54, 1.807) is 30.3 Å². The molecule has 0 bridgehead atoms. The maximum atomic E-state index is 13.7. The first-order valence-electron chi connectivity index (χ1n) is 5.64. The van der Waals surface area contributed by atoms with Crippen molar-refractivity contribution >= 4 is 40.5 Å². The molecule has 0 saturated heterocycles. The van der Waals surface area contributed by atoms with Gasteiger partial charge in [-0.05, 0) is 42.8 Å². The van der Waals surface area contributed by atoms with E-state index in [2.05, 4.69) is 5.32 Å². The van der Waals surface area contributed by atoms with Crippen molar-refractivity contribution in [2.24, 2.45) is 0 Å². The third kappa shape index (κ3) is 3.33. The molecule has 5 heteroatoms. The normalized spacial score (nSPS) is 12.3. The van der Waals surface area contributed by atoms with Gasteiger partial charge in [-0.25, -0.2) is 4.39 Å². The number of benzene rings is 2. The van der Waals surface area contributed by atoms with Gasteiger partial charge in [0.25, 0.3) is 0 Å². The van der Waals surface area contributed by atoms with Crippen LogP contribution in [0.1, 0.15) is 18.5 Å². The van der Waals surface area contributed by atoms with Gasteiger partial charge in [0.2, 0.25) is 0 Å². The van der Waals surface area contributed by atoms with E-state index in [0.29, 0.717) is 15.1 Å². The quantitative estimate of drug-likeness (QED) is 0.736. The van der Waals surface area contributed by atoms with Crippen LogP contribution in [0.25, 0.3) is 0 Å². The Hall–Kier alpha value is -0.960. The summed E-state index contributed by atoms with van der Waals surface area (Å²) in [5.74, 6) is -0.405. The average Bonchev–Trinajstić information content (AvgIpc) is 2.37. The van der Waals surface area contributed by atoms with Crippen LogP contribution in [0, 0.1) is 5.82 Å². The number of hydrogen-bond donors (Lipinski definition) is 1.